The molecule has 6 heteroatoms. The Morgan fingerprint density at radius 2 is 2.14 bits per heavy atom. The molecule has 1 aliphatic carbocycles. The van der Waals surface area contributed by atoms with Crippen molar-refractivity contribution < 1.29 is 4.74 Å². The largest absolute Gasteiger partial charge is 0.379 e. The fourth-order valence-electron chi connectivity index (χ4n) is 2.85. The van der Waals surface area contributed by atoms with E-state index < -0.39 is 0 Å². The number of nitrogens with one attached hydrogen (secondary N) is 1. The van der Waals surface area contributed by atoms with Gasteiger partial charge in [-0.05, 0) is 24.5 Å². The average Bonchev–Trinajstić information content (AvgIpc) is 3.29. The Morgan fingerprint density at radius 1 is 1.29 bits per heavy atom. The molecule has 0 radical (unpaired) electrons. The van der Waals surface area contributed by atoms with E-state index in [0.717, 1.165) is 43.5 Å². The Kier molecular flexibility index (Phi) is 3.40. The Bertz CT molecular complexity index is 589. The first-order valence-electron chi connectivity index (χ1n) is 7.56. The first-order valence-corrected chi connectivity index (χ1v) is 7.56. The van der Waals surface area contributed by atoms with Crippen LogP contribution >= 0.6 is 0 Å². The predicted molar refractivity (Wildman–Crippen MR) is 76.8 cm³/mol. The van der Waals surface area contributed by atoms with Crippen molar-refractivity contribution in [1.29, 1.82) is 0 Å². The standard InChI is InChI=1S/C15H19N5O/c1-2-12(10-16-5-1)13(20-6-8-21-9-7-20)15-17-14(18-19-15)11-3-4-11/h1-2,5,10-11,13H,3-4,6-9H2,(H,17,18,19)/t13-/m0/s1. The maximum absolute atomic E-state index is 5.47. The van der Waals surface area contributed by atoms with Crippen LogP contribution in [0.4, 0.5) is 0 Å². The van der Waals surface area contributed by atoms with Crippen molar-refractivity contribution in [2.45, 2.75) is 24.8 Å². The molecule has 1 atom stereocenters. The minimum absolute atomic E-state index is 0.0614. The molecule has 0 bridgehead atoms. The number of aromatic nitrogens is 4. The maximum Gasteiger partial charge on any atom is 0.172 e. The number of morpholine rings is 1. The van der Waals surface area contributed by atoms with Crippen molar-refractivity contribution in [3.8, 4) is 0 Å². The SMILES string of the molecule is c1cncc([C@@H](c2n[nH]c(C3CC3)n2)N2CCOCC2)c1. The van der Waals surface area contributed by atoms with Crippen LogP contribution < -0.4 is 0 Å². The molecule has 3 heterocycles. The highest BCUT2D eigenvalue weighted by Crippen LogP contribution is 2.38. The van der Waals surface area contributed by atoms with Crippen LogP contribution in [-0.4, -0.2) is 51.4 Å². The summed E-state index contributed by atoms with van der Waals surface area (Å²) in [5, 5.41) is 7.60. The molecule has 1 saturated carbocycles. The van der Waals surface area contributed by atoms with Gasteiger partial charge in [0.25, 0.3) is 0 Å². The summed E-state index contributed by atoms with van der Waals surface area (Å²) in [5.41, 5.74) is 1.14. The molecule has 0 amide bonds. The lowest BCUT2D eigenvalue weighted by molar-refractivity contribution is 0.0224. The Hall–Kier alpha value is -1.79. The smallest absolute Gasteiger partial charge is 0.172 e. The van der Waals surface area contributed by atoms with Gasteiger partial charge in [-0.1, -0.05) is 6.07 Å². The molecule has 2 aromatic rings. The molecule has 110 valence electrons. The number of aromatic amines is 1. The van der Waals surface area contributed by atoms with Crippen molar-refractivity contribution in [2.24, 2.45) is 0 Å². The zero-order valence-corrected chi connectivity index (χ0v) is 11.9. The van der Waals surface area contributed by atoms with Crippen molar-refractivity contribution in [3.63, 3.8) is 0 Å². The Balaban J connectivity index is 1.67. The Morgan fingerprint density at radius 3 is 2.86 bits per heavy atom. The second-order valence-electron chi connectivity index (χ2n) is 5.69. The zero-order chi connectivity index (χ0) is 14.1. The number of nitrogens with zero attached hydrogens (tertiary/aromatic N) is 4. The lowest BCUT2D eigenvalue weighted by Gasteiger charge is -2.32. The molecule has 2 fully saturated rings. The molecule has 1 aliphatic heterocycles. The van der Waals surface area contributed by atoms with E-state index in [1.54, 1.807) is 6.20 Å². The lowest BCUT2D eigenvalue weighted by atomic mass is 10.1. The van der Waals surface area contributed by atoms with Crippen LogP contribution in [0.1, 0.15) is 42.0 Å². The van der Waals surface area contributed by atoms with Gasteiger partial charge in [-0.3, -0.25) is 15.0 Å². The minimum Gasteiger partial charge on any atom is -0.379 e. The molecule has 21 heavy (non-hydrogen) atoms. The van der Waals surface area contributed by atoms with E-state index in [2.05, 4.69) is 26.1 Å². The maximum atomic E-state index is 5.47. The summed E-state index contributed by atoms with van der Waals surface area (Å²) in [6, 6.07) is 4.13. The highest BCUT2D eigenvalue weighted by Gasteiger charge is 2.31. The molecule has 2 aromatic heterocycles. The third-order valence-corrected chi connectivity index (χ3v) is 4.14. The molecular formula is C15H19N5O. The molecule has 0 unspecified atom stereocenters. The monoisotopic (exact) mass is 285 g/mol. The van der Waals surface area contributed by atoms with Gasteiger partial charge in [-0.25, -0.2) is 4.98 Å². The van der Waals surface area contributed by atoms with Gasteiger partial charge in [0.05, 0.1) is 19.3 Å². The summed E-state index contributed by atoms with van der Waals surface area (Å²) in [5.74, 6) is 2.48. The van der Waals surface area contributed by atoms with Gasteiger partial charge in [0.2, 0.25) is 0 Å². The highest BCUT2D eigenvalue weighted by atomic mass is 16.5. The molecule has 0 aromatic carbocycles. The fourth-order valence-corrected chi connectivity index (χ4v) is 2.85. The Labute approximate surface area is 123 Å². The van der Waals surface area contributed by atoms with Crippen molar-refractivity contribution in [3.05, 3.63) is 41.7 Å². The summed E-state index contributed by atoms with van der Waals surface area (Å²) in [6.07, 6.45) is 6.16. The fraction of sp³-hybridized carbons (Fsp3) is 0.533. The summed E-state index contributed by atoms with van der Waals surface area (Å²) in [7, 11) is 0. The van der Waals surface area contributed by atoms with E-state index in [9.17, 15) is 0 Å². The van der Waals surface area contributed by atoms with Gasteiger partial charge in [-0.2, -0.15) is 5.10 Å². The first kappa shape index (κ1) is 12.9. The summed E-state index contributed by atoms with van der Waals surface area (Å²) in [6.45, 7) is 3.31. The van der Waals surface area contributed by atoms with E-state index in [1.165, 1.54) is 12.8 Å². The first-order chi connectivity index (χ1) is 10.4. The molecular weight excluding hydrogens is 266 g/mol. The average molecular weight is 285 g/mol. The van der Waals surface area contributed by atoms with Gasteiger partial charge in [0.1, 0.15) is 5.82 Å². The number of ether oxygens (including phenoxy) is 1. The van der Waals surface area contributed by atoms with Crippen LogP contribution in [0.3, 0.4) is 0 Å². The normalized spacial score (nSPS) is 21.3. The predicted octanol–water partition coefficient (Wildman–Crippen LogP) is 1.50. The number of pyridine rings is 1. The van der Waals surface area contributed by atoms with Crippen LogP contribution in [0.5, 0.6) is 0 Å². The van der Waals surface area contributed by atoms with Gasteiger partial charge >= 0.3 is 0 Å². The van der Waals surface area contributed by atoms with Gasteiger partial charge in [0.15, 0.2) is 5.82 Å². The van der Waals surface area contributed by atoms with Crippen molar-refractivity contribution >= 4 is 0 Å². The second kappa shape index (κ2) is 5.54. The van der Waals surface area contributed by atoms with Crippen LogP contribution in [0.2, 0.25) is 0 Å². The molecule has 0 spiro atoms. The molecule has 4 rings (SSSR count). The van der Waals surface area contributed by atoms with E-state index >= 15 is 0 Å². The lowest BCUT2D eigenvalue weighted by Crippen LogP contribution is -2.40. The second-order valence-corrected chi connectivity index (χ2v) is 5.69. The molecule has 6 nitrogen and oxygen atoms in total. The van der Waals surface area contributed by atoms with E-state index in [-0.39, 0.29) is 6.04 Å². The number of hydrogen-bond donors (Lipinski definition) is 1. The van der Waals surface area contributed by atoms with Crippen molar-refractivity contribution in [1.82, 2.24) is 25.1 Å². The van der Waals surface area contributed by atoms with Gasteiger partial charge in [0, 0.05) is 31.4 Å². The number of rotatable bonds is 4. The summed E-state index contributed by atoms with van der Waals surface area (Å²) in [4.78, 5) is 11.4. The van der Waals surface area contributed by atoms with E-state index in [4.69, 9.17) is 9.72 Å². The van der Waals surface area contributed by atoms with Crippen LogP contribution in [0.15, 0.2) is 24.5 Å². The van der Waals surface area contributed by atoms with Crippen LogP contribution in [-0.2, 0) is 4.74 Å². The zero-order valence-electron chi connectivity index (χ0n) is 11.9. The van der Waals surface area contributed by atoms with Crippen molar-refractivity contribution in [2.75, 3.05) is 26.3 Å². The summed E-state index contributed by atoms with van der Waals surface area (Å²) >= 11 is 0. The van der Waals surface area contributed by atoms with Gasteiger partial charge in [-0.15, -0.1) is 0 Å². The van der Waals surface area contributed by atoms with Crippen LogP contribution in [0, 0.1) is 0 Å². The quantitative estimate of drug-likeness (QED) is 0.922. The third-order valence-electron chi connectivity index (χ3n) is 4.14. The number of H-pyrrole nitrogens is 1. The minimum atomic E-state index is 0.0614. The number of hydrogen-bond acceptors (Lipinski definition) is 5. The van der Waals surface area contributed by atoms with E-state index in [1.807, 2.05) is 12.3 Å². The third kappa shape index (κ3) is 2.69. The molecule has 1 N–H and O–H groups in total. The topological polar surface area (TPSA) is 66.9 Å². The molecule has 2 aliphatic rings. The molecule has 1 saturated heterocycles. The van der Waals surface area contributed by atoms with Crippen LogP contribution in [0.25, 0.3) is 0 Å². The van der Waals surface area contributed by atoms with E-state index in [0.29, 0.717) is 5.92 Å². The van der Waals surface area contributed by atoms with Gasteiger partial charge < -0.3 is 4.74 Å². The highest BCUT2D eigenvalue weighted by molar-refractivity contribution is 5.22. The summed E-state index contributed by atoms with van der Waals surface area (Å²) < 4.78 is 5.47.